The minimum absolute atomic E-state index is 0.668. The molecule has 5 N–H and O–H groups in total. The van der Waals surface area contributed by atoms with Gasteiger partial charge in [0.25, 0.3) is 0 Å². The summed E-state index contributed by atoms with van der Waals surface area (Å²) in [6.45, 7) is 5.20. The van der Waals surface area contributed by atoms with E-state index in [0.717, 1.165) is 44.6 Å². The first-order chi connectivity index (χ1) is 11.4. The van der Waals surface area contributed by atoms with E-state index >= 15 is 0 Å². The molecule has 0 atom stereocenters. The van der Waals surface area contributed by atoms with Crippen LogP contribution in [0.1, 0.15) is 12.8 Å². The summed E-state index contributed by atoms with van der Waals surface area (Å²) in [6.07, 6.45) is 1.96. The summed E-state index contributed by atoms with van der Waals surface area (Å²) < 4.78 is 26.4. The molecule has 0 radical (unpaired) electrons. The summed E-state index contributed by atoms with van der Waals surface area (Å²) in [7, 11) is 4.15. The van der Waals surface area contributed by atoms with E-state index in [0.29, 0.717) is 6.54 Å². The van der Waals surface area contributed by atoms with Gasteiger partial charge in [0, 0.05) is 54.7 Å². The fourth-order valence-electron chi connectivity index (χ4n) is 1.92. The molecule has 10 heteroatoms. The molecule has 0 aliphatic rings. The second kappa shape index (κ2) is 16.6. The second-order valence-corrected chi connectivity index (χ2v) is 12.0. The molecule has 0 heterocycles. The summed E-state index contributed by atoms with van der Waals surface area (Å²) in [5, 5.41) is 3.21. The van der Waals surface area contributed by atoms with Crippen LogP contribution in [0.3, 0.4) is 0 Å². The lowest BCUT2D eigenvalue weighted by Crippen LogP contribution is -2.43. The highest BCUT2D eigenvalue weighted by molar-refractivity contribution is 6.65. The monoisotopic (exact) mass is 385 g/mol. The molecule has 0 fully saturated rings. The van der Waals surface area contributed by atoms with Crippen molar-refractivity contribution in [3.8, 4) is 0 Å². The highest BCUT2D eigenvalue weighted by Gasteiger charge is 2.36. The van der Waals surface area contributed by atoms with Crippen molar-refractivity contribution in [1.82, 2.24) is 5.32 Å². The first kappa shape index (κ1) is 26.3. The van der Waals surface area contributed by atoms with Crippen LogP contribution in [-0.4, -0.2) is 79.1 Å². The Hall–Kier alpha value is 0.114. The third-order valence-corrected chi connectivity index (χ3v) is 9.61. The van der Waals surface area contributed by atoms with Crippen LogP contribution in [0.25, 0.3) is 0 Å². The molecular weight excluding hydrogens is 346 g/mol. The van der Waals surface area contributed by atoms with Crippen molar-refractivity contribution in [3.63, 3.8) is 0 Å². The Morgan fingerprint density at radius 1 is 0.708 bits per heavy atom. The molecule has 0 aromatic heterocycles. The van der Waals surface area contributed by atoms with Gasteiger partial charge >= 0.3 is 17.4 Å². The lowest BCUT2D eigenvalue weighted by Gasteiger charge is -2.24. The second-order valence-electron chi connectivity index (χ2n) is 5.37. The largest absolute Gasteiger partial charge is 0.500 e. The smallest absolute Gasteiger partial charge is 0.398 e. The van der Waals surface area contributed by atoms with Gasteiger partial charge in [-0.3, -0.25) is 0 Å². The maximum absolute atomic E-state index is 5.36. The predicted octanol–water partition coefficient (Wildman–Crippen LogP) is 0.503. The van der Waals surface area contributed by atoms with Crippen molar-refractivity contribution in [2.45, 2.75) is 31.5 Å². The van der Waals surface area contributed by atoms with Crippen LogP contribution in [-0.2, 0) is 22.1 Å². The zero-order valence-electron chi connectivity index (χ0n) is 16.4. The molecule has 0 rings (SSSR count). The van der Waals surface area contributed by atoms with Crippen molar-refractivity contribution < 1.29 is 22.1 Å². The van der Waals surface area contributed by atoms with Crippen LogP contribution in [0, 0.1) is 0 Å². The number of hydrogen-bond donors (Lipinski definition) is 3. The number of nitrogens with two attached hydrogens (primary N) is 2. The Labute approximate surface area is 150 Å². The van der Waals surface area contributed by atoms with Gasteiger partial charge in [0.05, 0.1) is 0 Å². The first-order valence-electron chi connectivity index (χ1n) is 8.29. The molecule has 0 saturated heterocycles. The molecule has 0 aliphatic carbocycles. The first-order valence-corrected chi connectivity index (χ1v) is 12.7. The van der Waals surface area contributed by atoms with Gasteiger partial charge < -0.3 is 38.9 Å². The summed E-state index contributed by atoms with van der Waals surface area (Å²) in [4.78, 5) is 0. The van der Waals surface area contributed by atoms with Gasteiger partial charge in [-0.15, -0.1) is 0 Å². The molecule has 8 nitrogen and oxygen atoms in total. The summed E-state index contributed by atoms with van der Waals surface area (Å²) in [6, 6.07) is 1.81. The molecule has 0 bridgehead atoms. The third kappa shape index (κ3) is 12.5. The van der Waals surface area contributed by atoms with Crippen molar-refractivity contribution in [1.29, 1.82) is 0 Å². The zero-order valence-corrected chi connectivity index (χ0v) is 18.4. The van der Waals surface area contributed by atoms with Crippen LogP contribution < -0.4 is 16.8 Å². The highest BCUT2D eigenvalue weighted by Crippen LogP contribution is 2.14. The van der Waals surface area contributed by atoms with E-state index in [1.807, 2.05) is 6.55 Å². The maximum atomic E-state index is 5.36. The van der Waals surface area contributed by atoms with Crippen molar-refractivity contribution in [2.24, 2.45) is 11.5 Å². The summed E-state index contributed by atoms with van der Waals surface area (Å²) in [5.41, 5.74) is 10.7. The van der Waals surface area contributed by atoms with Gasteiger partial charge in [-0.2, -0.15) is 0 Å². The highest BCUT2D eigenvalue weighted by atomic mass is 28.4. The van der Waals surface area contributed by atoms with Crippen LogP contribution >= 0.6 is 0 Å². The average Bonchev–Trinajstić information content (AvgIpc) is 2.64. The van der Waals surface area contributed by atoms with Gasteiger partial charge in [0.1, 0.15) is 0 Å². The predicted molar refractivity (Wildman–Crippen MR) is 102 cm³/mol. The molecule has 0 aliphatic heterocycles. The third-order valence-electron chi connectivity index (χ3n) is 3.79. The van der Waals surface area contributed by atoms with E-state index in [4.69, 9.17) is 33.6 Å². The lowest BCUT2D eigenvalue weighted by molar-refractivity contribution is 0.123. The van der Waals surface area contributed by atoms with Crippen LogP contribution in [0.5, 0.6) is 0 Å². The standard InChI is InChI=1S/C8H22N2O3Si.C6H17NO2Si/c1-11-14(12-2,13-3)8-4-6-10-7-5-9;1-8-10(3,9-2)6-4-5-7/h10H,4-9H2,1-3H3;4-7H2,1-3H3. The summed E-state index contributed by atoms with van der Waals surface area (Å²) >= 11 is 0. The minimum Gasteiger partial charge on any atom is -0.398 e. The van der Waals surface area contributed by atoms with Crippen LogP contribution in [0.15, 0.2) is 0 Å². The maximum Gasteiger partial charge on any atom is 0.500 e. The van der Waals surface area contributed by atoms with Crippen molar-refractivity contribution in [2.75, 3.05) is 61.7 Å². The Kier molecular flexibility index (Phi) is 18.2. The van der Waals surface area contributed by atoms with Crippen LogP contribution in [0.4, 0.5) is 0 Å². The molecule has 0 amide bonds. The van der Waals surface area contributed by atoms with Gasteiger partial charge in [0.2, 0.25) is 0 Å². The number of rotatable bonds is 14. The minimum atomic E-state index is -2.35. The lowest BCUT2D eigenvalue weighted by atomic mass is 10.5. The van der Waals surface area contributed by atoms with Crippen LogP contribution in [0.2, 0.25) is 18.6 Å². The molecule has 148 valence electrons. The Morgan fingerprint density at radius 3 is 1.62 bits per heavy atom. The van der Waals surface area contributed by atoms with Gasteiger partial charge in [-0.05, 0) is 38.5 Å². The molecule has 24 heavy (non-hydrogen) atoms. The van der Waals surface area contributed by atoms with E-state index in [1.165, 1.54) is 0 Å². The van der Waals surface area contributed by atoms with E-state index in [1.54, 1.807) is 35.5 Å². The Bertz CT molecular complexity index is 263. The van der Waals surface area contributed by atoms with Crippen molar-refractivity contribution in [3.05, 3.63) is 0 Å². The van der Waals surface area contributed by atoms with E-state index in [2.05, 4.69) is 5.32 Å². The van der Waals surface area contributed by atoms with Gasteiger partial charge in [-0.25, -0.2) is 0 Å². The fraction of sp³-hybridized carbons (Fsp3) is 1.00. The van der Waals surface area contributed by atoms with Gasteiger partial charge in [0.15, 0.2) is 0 Å². The zero-order chi connectivity index (χ0) is 18.9. The number of nitrogens with one attached hydrogen (secondary N) is 1. The Morgan fingerprint density at radius 2 is 1.25 bits per heavy atom. The average molecular weight is 386 g/mol. The molecular formula is C14H39N3O5Si2. The molecule has 0 aromatic rings. The molecule has 0 spiro atoms. The fourth-order valence-corrected chi connectivity index (χ4v) is 5.07. The molecule has 0 unspecified atom stereocenters. The Balaban J connectivity index is 0. The quantitative estimate of drug-likeness (QED) is 0.293. The molecule has 0 saturated carbocycles. The van der Waals surface area contributed by atoms with E-state index in [9.17, 15) is 0 Å². The topological polar surface area (TPSA) is 110 Å². The van der Waals surface area contributed by atoms with E-state index in [-0.39, 0.29) is 0 Å². The molecule has 0 aromatic carbocycles. The summed E-state index contributed by atoms with van der Waals surface area (Å²) in [5.74, 6) is 0. The van der Waals surface area contributed by atoms with Gasteiger partial charge in [-0.1, -0.05) is 0 Å². The number of hydrogen-bond acceptors (Lipinski definition) is 8. The van der Waals surface area contributed by atoms with E-state index < -0.39 is 17.4 Å². The SMILES string of the molecule is CO[Si](C)(CCCN)OC.CO[Si](CCCNCCN)(OC)OC. The van der Waals surface area contributed by atoms with Crippen molar-refractivity contribution >= 4 is 17.4 Å². The normalized spacial score (nSPS) is 12.0.